The molecule has 1 aromatic rings. The maximum atomic E-state index is 5.38. The molecule has 3 rings (SSSR count). The highest BCUT2D eigenvalue weighted by Gasteiger charge is 2.27. The van der Waals surface area contributed by atoms with Crippen LogP contribution in [0.15, 0.2) is 27.8 Å². The summed E-state index contributed by atoms with van der Waals surface area (Å²) < 4.78 is 5.38. The van der Waals surface area contributed by atoms with Gasteiger partial charge in [-0.05, 0) is 31.4 Å². The van der Waals surface area contributed by atoms with Crippen LogP contribution in [0.5, 0.6) is 0 Å². The van der Waals surface area contributed by atoms with Crippen LogP contribution >= 0.6 is 11.8 Å². The third kappa shape index (κ3) is 4.43. The second kappa shape index (κ2) is 7.25. The van der Waals surface area contributed by atoms with Gasteiger partial charge in [0.2, 0.25) is 0 Å². The number of thioether (sulfide) groups is 1. The predicted octanol–water partition coefficient (Wildman–Crippen LogP) is 2.76. The molecule has 1 unspecified atom stereocenters. The van der Waals surface area contributed by atoms with Crippen LogP contribution in [0, 0.1) is 0 Å². The van der Waals surface area contributed by atoms with E-state index < -0.39 is 0 Å². The van der Waals surface area contributed by atoms with E-state index in [4.69, 9.17) is 9.41 Å². The maximum absolute atomic E-state index is 5.38. The van der Waals surface area contributed by atoms with Gasteiger partial charge in [-0.3, -0.25) is 4.99 Å². The number of nitrogens with one attached hydrogen (secondary N) is 1. The van der Waals surface area contributed by atoms with Gasteiger partial charge in [-0.25, -0.2) is 0 Å². The molecule has 2 heterocycles. The van der Waals surface area contributed by atoms with Gasteiger partial charge >= 0.3 is 0 Å². The van der Waals surface area contributed by atoms with Crippen molar-refractivity contribution in [3.05, 3.63) is 24.2 Å². The number of nitrogens with zero attached hydrogens (tertiary/aromatic N) is 2. The van der Waals surface area contributed by atoms with Crippen LogP contribution in [0.2, 0.25) is 0 Å². The summed E-state index contributed by atoms with van der Waals surface area (Å²) >= 11 is 2.10. The Hall–Kier alpha value is -1.10. The van der Waals surface area contributed by atoms with Crippen molar-refractivity contribution >= 4 is 17.7 Å². The van der Waals surface area contributed by atoms with Crippen molar-refractivity contribution < 1.29 is 4.42 Å². The summed E-state index contributed by atoms with van der Waals surface area (Å²) in [6.45, 7) is 5.31. The third-order valence-corrected chi connectivity index (χ3v) is 5.38. The molecule has 0 bridgehead atoms. The molecule has 1 N–H and O–H groups in total. The number of rotatable bonds is 5. The van der Waals surface area contributed by atoms with Gasteiger partial charge in [0.15, 0.2) is 5.96 Å². The fraction of sp³-hybridized carbons (Fsp3) is 0.688. The lowest BCUT2D eigenvalue weighted by molar-refractivity contribution is 0.406. The minimum atomic E-state index is 0.655. The zero-order valence-electron chi connectivity index (χ0n) is 12.8. The predicted molar refractivity (Wildman–Crippen MR) is 89.0 cm³/mol. The van der Waals surface area contributed by atoms with Gasteiger partial charge in [0.05, 0.1) is 6.26 Å². The summed E-state index contributed by atoms with van der Waals surface area (Å²) in [7, 11) is 0. The summed E-state index contributed by atoms with van der Waals surface area (Å²) in [6.07, 6.45) is 6.43. The number of hydrogen-bond acceptors (Lipinski definition) is 3. The van der Waals surface area contributed by atoms with Crippen molar-refractivity contribution in [2.45, 2.75) is 43.9 Å². The average Bonchev–Trinajstić information content (AvgIpc) is 3.19. The Morgan fingerprint density at radius 1 is 1.52 bits per heavy atom. The van der Waals surface area contributed by atoms with Crippen LogP contribution in [0.25, 0.3) is 0 Å². The topological polar surface area (TPSA) is 40.8 Å². The molecule has 116 valence electrons. The molecule has 1 atom stereocenters. The molecule has 0 aromatic carbocycles. The fourth-order valence-corrected chi connectivity index (χ4v) is 3.71. The Labute approximate surface area is 131 Å². The van der Waals surface area contributed by atoms with Crippen LogP contribution in [-0.2, 0) is 6.42 Å². The van der Waals surface area contributed by atoms with Gasteiger partial charge in [0.1, 0.15) is 5.76 Å². The highest BCUT2D eigenvalue weighted by Crippen LogP contribution is 2.23. The molecule has 5 heteroatoms. The molecule has 21 heavy (non-hydrogen) atoms. The lowest BCUT2D eigenvalue weighted by atomic mass is 10.3. The van der Waals surface area contributed by atoms with Crippen molar-refractivity contribution in [1.29, 1.82) is 0 Å². The molecule has 4 nitrogen and oxygen atoms in total. The summed E-state index contributed by atoms with van der Waals surface area (Å²) in [5.74, 6) is 3.34. The molecule has 0 radical (unpaired) electrons. The van der Waals surface area contributed by atoms with Crippen molar-refractivity contribution in [3.63, 3.8) is 0 Å². The Balaban J connectivity index is 1.59. The summed E-state index contributed by atoms with van der Waals surface area (Å²) in [5, 5.41) is 4.37. The van der Waals surface area contributed by atoms with E-state index in [2.05, 4.69) is 28.9 Å². The molecule has 2 fully saturated rings. The summed E-state index contributed by atoms with van der Waals surface area (Å²) in [5.41, 5.74) is 0. The van der Waals surface area contributed by atoms with Crippen molar-refractivity contribution in [3.8, 4) is 0 Å². The first-order chi connectivity index (χ1) is 10.3. The van der Waals surface area contributed by atoms with E-state index in [-0.39, 0.29) is 0 Å². The quantitative estimate of drug-likeness (QED) is 0.671. The molecule has 1 aliphatic heterocycles. The minimum Gasteiger partial charge on any atom is -0.469 e. The Morgan fingerprint density at radius 2 is 2.43 bits per heavy atom. The maximum Gasteiger partial charge on any atom is 0.194 e. The van der Waals surface area contributed by atoms with Gasteiger partial charge in [-0.15, -0.1) is 0 Å². The lowest BCUT2D eigenvalue weighted by Crippen LogP contribution is -2.48. The largest absolute Gasteiger partial charge is 0.469 e. The van der Waals surface area contributed by atoms with E-state index >= 15 is 0 Å². The highest BCUT2D eigenvalue weighted by atomic mass is 32.2. The smallest absolute Gasteiger partial charge is 0.194 e. The van der Waals surface area contributed by atoms with Gasteiger partial charge in [-0.1, -0.05) is 6.92 Å². The molecule has 0 amide bonds. The molecular formula is C16H25N3OS. The first-order valence-corrected chi connectivity index (χ1v) is 9.10. The molecule has 1 saturated carbocycles. The van der Waals surface area contributed by atoms with E-state index in [0.717, 1.165) is 43.0 Å². The van der Waals surface area contributed by atoms with E-state index in [0.29, 0.717) is 6.04 Å². The van der Waals surface area contributed by atoms with E-state index in [9.17, 15) is 0 Å². The minimum absolute atomic E-state index is 0.655. The molecular weight excluding hydrogens is 282 g/mol. The van der Waals surface area contributed by atoms with Gasteiger partial charge in [0, 0.05) is 43.1 Å². The first kappa shape index (κ1) is 14.8. The second-order valence-electron chi connectivity index (χ2n) is 5.80. The second-order valence-corrected chi connectivity index (χ2v) is 7.21. The van der Waals surface area contributed by atoms with Crippen LogP contribution < -0.4 is 5.32 Å². The zero-order chi connectivity index (χ0) is 14.5. The number of aliphatic imine (C=N–C) groups is 1. The number of furan rings is 1. The third-order valence-electron chi connectivity index (χ3n) is 4.00. The van der Waals surface area contributed by atoms with Gasteiger partial charge in [-0.2, -0.15) is 11.8 Å². The van der Waals surface area contributed by atoms with Crippen LogP contribution in [-0.4, -0.2) is 47.5 Å². The zero-order valence-corrected chi connectivity index (χ0v) is 13.6. The van der Waals surface area contributed by atoms with Crippen molar-refractivity contribution in [2.75, 3.05) is 25.4 Å². The molecule has 1 saturated heterocycles. The van der Waals surface area contributed by atoms with E-state index in [1.807, 2.05) is 12.1 Å². The summed E-state index contributed by atoms with van der Waals surface area (Å²) in [6, 6.07) is 4.62. The Kier molecular flexibility index (Phi) is 5.12. The van der Waals surface area contributed by atoms with Crippen LogP contribution in [0.3, 0.4) is 0 Å². The van der Waals surface area contributed by atoms with Crippen molar-refractivity contribution in [1.82, 2.24) is 10.2 Å². The van der Waals surface area contributed by atoms with Crippen LogP contribution in [0.1, 0.15) is 31.9 Å². The molecule has 1 aliphatic carbocycles. The molecule has 1 aromatic heterocycles. The Bertz CT molecular complexity index is 456. The first-order valence-electron chi connectivity index (χ1n) is 8.05. The van der Waals surface area contributed by atoms with Gasteiger partial charge in [0.25, 0.3) is 0 Å². The van der Waals surface area contributed by atoms with Crippen molar-refractivity contribution in [2.24, 2.45) is 4.99 Å². The Morgan fingerprint density at radius 3 is 3.14 bits per heavy atom. The fourth-order valence-electron chi connectivity index (χ4n) is 2.53. The highest BCUT2D eigenvalue weighted by molar-refractivity contribution is 8.00. The monoisotopic (exact) mass is 307 g/mol. The standard InChI is InChI=1S/C16H25N3OS/c1-2-15-12-19(9-11-21-15)16(18-13-5-6-13)17-8-7-14-4-3-10-20-14/h3-4,10,13,15H,2,5-9,11-12H2,1H3,(H,17,18). The average molecular weight is 307 g/mol. The normalized spacial score (nSPS) is 23.4. The van der Waals surface area contributed by atoms with E-state index in [1.54, 1.807) is 6.26 Å². The van der Waals surface area contributed by atoms with E-state index in [1.165, 1.54) is 25.0 Å². The summed E-state index contributed by atoms with van der Waals surface area (Å²) in [4.78, 5) is 7.28. The van der Waals surface area contributed by atoms with Gasteiger partial charge < -0.3 is 14.6 Å². The number of guanidine groups is 1. The SMILES string of the molecule is CCC1CN(C(=NCCc2ccco2)NC2CC2)CCS1. The molecule has 0 spiro atoms. The van der Waals surface area contributed by atoms with Crippen LogP contribution in [0.4, 0.5) is 0 Å². The lowest BCUT2D eigenvalue weighted by Gasteiger charge is -2.34. The number of hydrogen-bond donors (Lipinski definition) is 1. The molecule has 2 aliphatic rings.